The number of allylic oxidation sites excluding steroid dienone is 4. The second-order valence-corrected chi connectivity index (χ2v) is 14.3. The maximum atomic E-state index is 2.53. The molecule has 2 heteroatoms. The van der Waals surface area contributed by atoms with Crippen molar-refractivity contribution in [2.45, 2.75) is 72.1 Å². The summed E-state index contributed by atoms with van der Waals surface area (Å²) in [6, 6.07) is 9.24. The van der Waals surface area contributed by atoms with E-state index >= 15 is 0 Å². The van der Waals surface area contributed by atoms with E-state index in [0.29, 0.717) is 10.3 Å². The summed E-state index contributed by atoms with van der Waals surface area (Å²) in [4.78, 5) is 0. The first kappa shape index (κ1) is 19.9. The van der Waals surface area contributed by atoms with Crippen LogP contribution >= 0.6 is 17.2 Å². The quantitative estimate of drug-likeness (QED) is 0.511. The number of rotatable bonds is 3. The lowest BCUT2D eigenvalue weighted by molar-refractivity contribution is 0.484. The minimum absolute atomic E-state index is 0.280. The predicted molar refractivity (Wildman–Crippen MR) is 117 cm³/mol. The van der Waals surface area contributed by atoms with Gasteiger partial charge in [-0.3, -0.25) is 0 Å². The van der Waals surface area contributed by atoms with Crippen molar-refractivity contribution >= 4 is 28.0 Å². The average molecular weight is 360 g/mol. The molecule has 0 aromatic heterocycles. The van der Waals surface area contributed by atoms with Crippen LogP contribution in [0.2, 0.25) is 0 Å². The molecule has 24 heavy (non-hydrogen) atoms. The van der Waals surface area contributed by atoms with Crippen molar-refractivity contribution in [3.05, 3.63) is 47.3 Å². The van der Waals surface area contributed by atoms with Crippen molar-refractivity contribution in [2.75, 3.05) is 0 Å². The third-order valence-corrected chi connectivity index (χ3v) is 6.64. The van der Waals surface area contributed by atoms with Gasteiger partial charge in [0.25, 0.3) is 0 Å². The smallest absolute Gasteiger partial charge is 0.0131 e. The average Bonchev–Trinajstić information content (AvgIpc) is 2.33. The molecule has 2 unspecified atom stereocenters. The molecule has 0 radical (unpaired) electrons. The second kappa shape index (κ2) is 7.05. The van der Waals surface area contributed by atoms with Gasteiger partial charge in [-0.1, -0.05) is 103 Å². The van der Waals surface area contributed by atoms with Gasteiger partial charge in [-0.15, -0.1) is 0 Å². The summed E-state index contributed by atoms with van der Waals surface area (Å²) in [6.07, 6.45) is 6.14. The molecule has 0 amide bonds. The molecule has 0 saturated carbocycles. The highest BCUT2D eigenvalue weighted by Gasteiger charge is 2.25. The Morgan fingerprint density at radius 1 is 0.917 bits per heavy atom. The van der Waals surface area contributed by atoms with Gasteiger partial charge in [0.1, 0.15) is 0 Å². The normalized spacial score (nSPS) is 19.2. The Morgan fingerprint density at radius 2 is 1.54 bits per heavy atom. The zero-order valence-corrected chi connectivity index (χ0v) is 18.7. The molecule has 0 heterocycles. The SMILES string of the molecule is CC1(C)C=C(PC(C)(C)C)C(c2cccc(PC(C)(C)C)c2)=CC1. The van der Waals surface area contributed by atoms with E-state index in [2.05, 4.69) is 91.8 Å². The van der Waals surface area contributed by atoms with E-state index in [1.807, 2.05) is 0 Å². The summed E-state index contributed by atoms with van der Waals surface area (Å²) < 4.78 is 0. The molecule has 0 saturated heterocycles. The molecule has 2 atom stereocenters. The highest BCUT2D eigenvalue weighted by molar-refractivity contribution is 7.48. The largest absolute Gasteiger partial charge is 0.0848 e. The van der Waals surface area contributed by atoms with Crippen molar-refractivity contribution in [3.63, 3.8) is 0 Å². The van der Waals surface area contributed by atoms with Gasteiger partial charge in [-0.2, -0.15) is 0 Å². The van der Waals surface area contributed by atoms with Crippen molar-refractivity contribution in [2.24, 2.45) is 5.41 Å². The topological polar surface area (TPSA) is 0 Å². The van der Waals surface area contributed by atoms with Gasteiger partial charge in [0, 0.05) is 0 Å². The molecular formula is C22H34P2. The minimum Gasteiger partial charge on any atom is -0.0848 e. The van der Waals surface area contributed by atoms with E-state index in [1.54, 1.807) is 5.31 Å². The third kappa shape index (κ3) is 6.13. The van der Waals surface area contributed by atoms with Crippen LogP contribution in [0, 0.1) is 5.41 Å². The minimum atomic E-state index is 0.280. The van der Waals surface area contributed by atoms with E-state index < -0.39 is 0 Å². The van der Waals surface area contributed by atoms with Crippen molar-refractivity contribution < 1.29 is 0 Å². The van der Waals surface area contributed by atoms with Gasteiger partial charge >= 0.3 is 0 Å². The highest BCUT2D eigenvalue weighted by Crippen LogP contribution is 2.49. The van der Waals surface area contributed by atoms with E-state index in [0.717, 1.165) is 23.6 Å². The Morgan fingerprint density at radius 3 is 2.12 bits per heavy atom. The van der Waals surface area contributed by atoms with E-state index in [9.17, 15) is 0 Å². The molecule has 0 spiro atoms. The Labute approximate surface area is 153 Å². The van der Waals surface area contributed by atoms with Crippen LogP contribution in [0.5, 0.6) is 0 Å². The van der Waals surface area contributed by atoms with Gasteiger partial charge in [0.05, 0.1) is 0 Å². The molecule has 0 aliphatic heterocycles. The molecule has 2 rings (SSSR count). The maximum Gasteiger partial charge on any atom is -0.0131 e. The van der Waals surface area contributed by atoms with E-state index in [4.69, 9.17) is 0 Å². The summed E-state index contributed by atoms with van der Waals surface area (Å²) in [7, 11) is 1.70. The monoisotopic (exact) mass is 360 g/mol. The first-order valence-electron chi connectivity index (χ1n) is 8.95. The Hall–Kier alpha value is -0.440. The highest BCUT2D eigenvalue weighted by atomic mass is 31.1. The fourth-order valence-electron chi connectivity index (χ4n) is 2.98. The van der Waals surface area contributed by atoms with Crippen LogP contribution in [-0.4, -0.2) is 10.3 Å². The van der Waals surface area contributed by atoms with Crippen molar-refractivity contribution in [1.82, 2.24) is 0 Å². The van der Waals surface area contributed by atoms with Crippen LogP contribution < -0.4 is 5.30 Å². The lowest BCUT2D eigenvalue weighted by Crippen LogP contribution is -2.15. The Bertz CT molecular complexity index is 649. The van der Waals surface area contributed by atoms with Crippen LogP contribution in [0.1, 0.15) is 67.4 Å². The zero-order valence-electron chi connectivity index (χ0n) is 16.7. The van der Waals surface area contributed by atoms with Crippen molar-refractivity contribution in [3.8, 4) is 0 Å². The molecule has 1 aliphatic carbocycles. The molecule has 0 N–H and O–H groups in total. The molecular weight excluding hydrogens is 326 g/mol. The number of hydrogen-bond acceptors (Lipinski definition) is 0. The zero-order chi connectivity index (χ0) is 18.2. The molecule has 1 aliphatic rings. The van der Waals surface area contributed by atoms with E-state index in [-0.39, 0.29) is 5.41 Å². The van der Waals surface area contributed by atoms with Crippen LogP contribution in [0.25, 0.3) is 5.57 Å². The lowest BCUT2D eigenvalue weighted by atomic mass is 9.82. The van der Waals surface area contributed by atoms with Crippen molar-refractivity contribution in [1.29, 1.82) is 0 Å². The first-order chi connectivity index (χ1) is 10.8. The summed E-state index contributed by atoms with van der Waals surface area (Å²) >= 11 is 0. The van der Waals surface area contributed by atoms with Gasteiger partial charge in [0.15, 0.2) is 0 Å². The van der Waals surface area contributed by atoms with Gasteiger partial charge in [-0.05, 0) is 50.0 Å². The number of benzene rings is 1. The fraction of sp³-hybridized carbons (Fsp3) is 0.545. The molecule has 0 fully saturated rings. The van der Waals surface area contributed by atoms with Gasteiger partial charge in [-0.25, -0.2) is 0 Å². The Kier molecular flexibility index (Phi) is 5.84. The summed E-state index contributed by atoms with van der Waals surface area (Å²) in [6.45, 7) is 18.7. The van der Waals surface area contributed by atoms with Gasteiger partial charge in [0.2, 0.25) is 0 Å². The molecule has 1 aromatic rings. The lowest BCUT2D eigenvalue weighted by Gasteiger charge is -2.31. The van der Waals surface area contributed by atoms with Gasteiger partial charge < -0.3 is 0 Å². The third-order valence-electron chi connectivity index (χ3n) is 3.86. The standard InChI is InChI=1S/C22H34P2/c1-20(2,3)23-17-11-9-10-16(14-17)18-12-13-22(7,8)15-19(18)24-21(4,5)6/h9-12,14-15,23-24H,13H2,1-8H3. The summed E-state index contributed by atoms with van der Waals surface area (Å²) in [5, 5.41) is 3.72. The second-order valence-electron chi connectivity index (χ2n) is 9.70. The van der Waals surface area contributed by atoms with Crippen LogP contribution in [-0.2, 0) is 0 Å². The molecule has 0 nitrogen and oxygen atoms in total. The first-order valence-corrected chi connectivity index (χ1v) is 10.9. The van der Waals surface area contributed by atoms with Crippen LogP contribution in [0.15, 0.2) is 41.7 Å². The molecule has 1 aromatic carbocycles. The maximum absolute atomic E-state index is 2.53. The fourth-order valence-corrected chi connectivity index (χ4v) is 5.91. The Balaban J connectivity index is 2.37. The summed E-state index contributed by atoms with van der Waals surface area (Å²) in [5.41, 5.74) is 3.16. The van der Waals surface area contributed by atoms with E-state index in [1.165, 1.54) is 16.4 Å². The van der Waals surface area contributed by atoms with Crippen LogP contribution in [0.3, 0.4) is 0 Å². The molecule has 0 bridgehead atoms. The summed E-state index contributed by atoms with van der Waals surface area (Å²) in [5.74, 6) is 0. The molecule has 132 valence electrons. The predicted octanol–water partition coefficient (Wildman–Crippen LogP) is 6.96. The number of hydrogen-bond donors (Lipinski definition) is 0. The van der Waals surface area contributed by atoms with Crippen LogP contribution in [0.4, 0.5) is 0 Å².